The summed E-state index contributed by atoms with van der Waals surface area (Å²) in [5, 5.41) is 6.75. The number of carbonyl (C=O) groups is 1. The van der Waals surface area contributed by atoms with E-state index in [0.29, 0.717) is 16.6 Å². The minimum absolute atomic E-state index is 0.0466. The third-order valence-corrected chi connectivity index (χ3v) is 5.19. The molecular weight excluding hydrogens is 332 g/mol. The highest BCUT2D eigenvalue weighted by Gasteiger charge is 2.30. The van der Waals surface area contributed by atoms with Crippen molar-refractivity contribution >= 4 is 29.1 Å². The van der Waals surface area contributed by atoms with E-state index in [1.165, 1.54) is 17.3 Å². The van der Waals surface area contributed by atoms with Crippen molar-refractivity contribution in [1.29, 1.82) is 0 Å². The zero-order valence-electron chi connectivity index (χ0n) is 13.6. The van der Waals surface area contributed by atoms with E-state index in [0.717, 1.165) is 12.0 Å². The standard InChI is InChI=1S/C19H18N4OS/c24-18-16(11-14-12-22-17-15(14)7-4-9-20-17)25-19(23-18)21-10-8-13-5-2-1-3-6-13/h1-7,9,11-12,15,17,22H,8,10H2,(H,21,23,24)/b16-11-. The zero-order valence-corrected chi connectivity index (χ0v) is 14.4. The number of fused-ring (bicyclic) bond motifs is 1. The minimum Gasteiger partial charge on any atom is -0.369 e. The van der Waals surface area contributed by atoms with Crippen molar-refractivity contribution < 1.29 is 4.79 Å². The lowest BCUT2D eigenvalue weighted by molar-refractivity contribution is -0.115. The topological polar surface area (TPSA) is 65.8 Å². The number of aliphatic imine (C=N–C) groups is 2. The van der Waals surface area contributed by atoms with Crippen molar-refractivity contribution in [2.75, 3.05) is 6.54 Å². The van der Waals surface area contributed by atoms with Gasteiger partial charge in [-0.1, -0.05) is 36.4 Å². The van der Waals surface area contributed by atoms with E-state index in [4.69, 9.17) is 0 Å². The van der Waals surface area contributed by atoms with Crippen molar-refractivity contribution in [2.24, 2.45) is 15.9 Å². The highest BCUT2D eigenvalue weighted by molar-refractivity contribution is 8.18. The van der Waals surface area contributed by atoms with Crippen LogP contribution in [-0.4, -0.2) is 30.0 Å². The predicted octanol–water partition coefficient (Wildman–Crippen LogP) is 2.40. The van der Waals surface area contributed by atoms with Crippen LogP contribution in [0.4, 0.5) is 0 Å². The third-order valence-electron chi connectivity index (χ3n) is 4.24. The molecular formula is C19H18N4OS. The minimum atomic E-state index is -0.0869. The Morgan fingerprint density at radius 2 is 2.16 bits per heavy atom. The largest absolute Gasteiger partial charge is 0.369 e. The summed E-state index contributed by atoms with van der Waals surface area (Å²) in [7, 11) is 0. The van der Waals surface area contributed by atoms with Crippen molar-refractivity contribution in [3.8, 4) is 0 Å². The van der Waals surface area contributed by atoms with Crippen LogP contribution in [0.15, 0.2) is 75.2 Å². The average molecular weight is 350 g/mol. The maximum absolute atomic E-state index is 12.2. The predicted molar refractivity (Wildman–Crippen MR) is 102 cm³/mol. The molecule has 0 bridgehead atoms. The molecule has 6 heteroatoms. The Bertz CT molecular complexity index is 823. The first-order valence-electron chi connectivity index (χ1n) is 8.25. The van der Waals surface area contributed by atoms with E-state index in [2.05, 4.69) is 38.8 Å². The summed E-state index contributed by atoms with van der Waals surface area (Å²) in [6.07, 6.45) is 10.6. The van der Waals surface area contributed by atoms with Gasteiger partial charge < -0.3 is 10.6 Å². The van der Waals surface area contributed by atoms with E-state index < -0.39 is 0 Å². The van der Waals surface area contributed by atoms with Gasteiger partial charge in [-0.05, 0) is 41.5 Å². The lowest BCUT2D eigenvalue weighted by Crippen LogP contribution is -2.25. The van der Waals surface area contributed by atoms with Gasteiger partial charge in [-0.25, -0.2) is 0 Å². The number of amidine groups is 1. The number of carbonyl (C=O) groups excluding carboxylic acids is 1. The van der Waals surface area contributed by atoms with Crippen molar-refractivity contribution in [2.45, 2.75) is 12.6 Å². The molecule has 4 rings (SSSR count). The molecule has 1 amide bonds. The molecule has 126 valence electrons. The summed E-state index contributed by atoms with van der Waals surface area (Å²) in [4.78, 5) is 21.8. The second-order valence-corrected chi connectivity index (χ2v) is 6.98. The average Bonchev–Trinajstić information content (AvgIpc) is 3.20. The molecule has 1 fully saturated rings. The number of allylic oxidation sites excluding steroid dienone is 2. The van der Waals surface area contributed by atoms with Gasteiger partial charge in [0.05, 0.1) is 4.91 Å². The van der Waals surface area contributed by atoms with Crippen LogP contribution in [0, 0.1) is 5.92 Å². The van der Waals surface area contributed by atoms with Crippen LogP contribution in [0.1, 0.15) is 5.56 Å². The van der Waals surface area contributed by atoms with Gasteiger partial charge in [-0.3, -0.25) is 14.8 Å². The molecule has 1 aromatic carbocycles. The van der Waals surface area contributed by atoms with Gasteiger partial charge in [0.25, 0.3) is 5.91 Å². The number of dihydropyridines is 1. The summed E-state index contributed by atoms with van der Waals surface area (Å²) in [5.41, 5.74) is 2.32. The molecule has 5 nitrogen and oxygen atoms in total. The Kier molecular flexibility index (Phi) is 4.52. The second-order valence-electron chi connectivity index (χ2n) is 5.95. The monoisotopic (exact) mass is 350 g/mol. The summed E-state index contributed by atoms with van der Waals surface area (Å²) >= 11 is 1.40. The van der Waals surface area contributed by atoms with Crippen LogP contribution in [0.5, 0.6) is 0 Å². The van der Waals surface area contributed by atoms with Crippen molar-refractivity contribution in [1.82, 2.24) is 10.6 Å². The molecule has 3 aliphatic rings. The Morgan fingerprint density at radius 1 is 1.28 bits per heavy atom. The van der Waals surface area contributed by atoms with Gasteiger partial charge in [0, 0.05) is 24.9 Å². The molecule has 0 saturated carbocycles. The number of rotatable bonds is 4. The quantitative estimate of drug-likeness (QED) is 0.820. The first kappa shape index (κ1) is 15.9. The number of amides is 1. The maximum Gasteiger partial charge on any atom is 0.264 e. The first-order chi connectivity index (χ1) is 12.3. The molecule has 1 aromatic rings. The second kappa shape index (κ2) is 7.11. The fourth-order valence-corrected chi connectivity index (χ4v) is 3.80. The number of hydrogen-bond donors (Lipinski definition) is 2. The lowest BCUT2D eigenvalue weighted by atomic mass is 9.97. The molecule has 2 N–H and O–H groups in total. The Labute approximate surface area is 150 Å². The van der Waals surface area contributed by atoms with Gasteiger partial charge in [0.2, 0.25) is 0 Å². The Balaban J connectivity index is 1.39. The van der Waals surface area contributed by atoms with Crippen LogP contribution >= 0.6 is 11.8 Å². The fourth-order valence-electron chi connectivity index (χ4n) is 2.95. The molecule has 1 saturated heterocycles. The SMILES string of the molecule is O=C1N/C(=N\CCc2ccccc2)S/C1=C\C1=CNC2N=CC=CC12. The Morgan fingerprint density at radius 3 is 3.04 bits per heavy atom. The van der Waals surface area contributed by atoms with Crippen LogP contribution in [-0.2, 0) is 11.2 Å². The third kappa shape index (κ3) is 3.58. The van der Waals surface area contributed by atoms with Gasteiger partial charge in [-0.2, -0.15) is 0 Å². The van der Waals surface area contributed by atoms with Crippen molar-refractivity contribution in [3.05, 3.63) is 70.8 Å². The van der Waals surface area contributed by atoms with Crippen LogP contribution < -0.4 is 10.6 Å². The molecule has 0 aromatic heterocycles. The highest BCUT2D eigenvalue weighted by atomic mass is 32.2. The summed E-state index contributed by atoms with van der Waals surface area (Å²) < 4.78 is 0. The van der Waals surface area contributed by atoms with Gasteiger partial charge >= 0.3 is 0 Å². The van der Waals surface area contributed by atoms with E-state index in [9.17, 15) is 4.79 Å². The first-order valence-corrected chi connectivity index (χ1v) is 9.06. The molecule has 0 aliphatic carbocycles. The fraction of sp³-hybridized carbons (Fsp3) is 0.211. The summed E-state index contributed by atoms with van der Waals surface area (Å²) in [6.45, 7) is 0.659. The maximum atomic E-state index is 12.2. The van der Waals surface area contributed by atoms with E-state index >= 15 is 0 Å². The lowest BCUT2D eigenvalue weighted by Gasteiger charge is -2.16. The van der Waals surface area contributed by atoms with Gasteiger partial charge in [0.15, 0.2) is 5.17 Å². The normalized spacial score (nSPS) is 27.4. The van der Waals surface area contributed by atoms with E-state index in [1.807, 2.05) is 36.6 Å². The molecule has 0 radical (unpaired) electrons. The number of hydrogen-bond acceptors (Lipinski definition) is 5. The molecule has 0 spiro atoms. The number of benzene rings is 1. The molecule has 3 heterocycles. The number of nitrogens with zero attached hydrogens (tertiary/aromatic N) is 2. The molecule has 2 atom stereocenters. The smallest absolute Gasteiger partial charge is 0.264 e. The highest BCUT2D eigenvalue weighted by Crippen LogP contribution is 2.31. The van der Waals surface area contributed by atoms with Gasteiger partial charge in [0.1, 0.15) is 6.17 Å². The van der Waals surface area contributed by atoms with Gasteiger partial charge in [-0.15, -0.1) is 0 Å². The number of nitrogens with one attached hydrogen (secondary N) is 2. The van der Waals surface area contributed by atoms with Crippen LogP contribution in [0.3, 0.4) is 0 Å². The molecule has 3 aliphatic heterocycles. The van der Waals surface area contributed by atoms with E-state index in [-0.39, 0.29) is 18.0 Å². The van der Waals surface area contributed by atoms with Crippen LogP contribution in [0.2, 0.25) is 0 Å². The molecule has 2 unspecified atom stereocenters. The van der Waals surface area contributed by atoms with Crippen molar-refractivity contribution in [3.63, 3.8) is 0 Å². The zero-order chi connectivity index (χ0) is 17.1. The summed E-state index contributed by atoms with van der Waals surface area (Å²) in [6, 6.07) is 10.2. The molecule has 25 heavy (non-hydrogen) atoms. The summed E-state index contributed by atoms with van der Waals surface area (Å²) in [5.74, 6) is 0.0982. The number of thioether (sulfide) groups is 1. The van der Waals surface area contributed by atoms with E-state index in [1.54, 1.807) is 6.21 Å². The Hall–Kier alpha value is -2.60. The van der Waals surface area contributed by atoms with Crippen LogP contribution in [0.25, 0.3) is 0 Å².